The summed E-state index contributed by atoms with van der Waals surface area (Å²) in [7, 11) is 0. The van der Waals surface area contributed by atoms with E-state index in [2.05, 4.69) is 25.9 Å². The molecule has 2 aromatic carbocycles. The Labute approximate surface area is 232 Å². The van der Waals surface area contributed by atoms with Crippen LogP contribution in [0.5, 0.6) is 11.5 Å². The fraction of sp³-hybridized carbons (Fsp3) is 0.233. The van der Waals surface area contributed by atoms with E-state index in [0.717, 1.165) is 18.4 Å². The van der Waals surface area contributed by atoms with Gasteiger partial charge in [0.1, 0.15) is 17.3 Å². The van der Waals surface area contributed by atoms with Gasteiger partial charge >= 0.3 is 6.03 Å². The number of anilines is 2. The maximum absolute atomic E-state index is 13.9. The number of nitrogens with one attached hydrogen (secondary N) is 4. The van der Waals surface area contributed by atoms with Crippen molar-refractivity contribution in [2.45, 2.75) is 26.7 Å². The van der Waals surface area contributed by atoms with E-state index in [0.29, 0.717) is 53.9 Å². The summed E-state index contributed by atoms with van der Waals surface area (Å²) in [6, 6.07) is 15.9. The Morgan fingerprint density at radius 2 is 1.80 bits per heavy atom. The summed E-state index contributed by atoms with van der Waals surface area (Å²) in [5, 5.41) is 8.09. The van der Waals surface area contributed by atoms with Crippen LogP contribution in [-0.2, 0) is 4.74 Å². The number of ether oxygens (including phenoxy) is 2. The first-order valence-electron chi connectivity index (χ1n) is 13.0. The highest BCUT2D eigenvalue weighted by Gasteiger charge is 2.11. The number of benzene rings is 2. The fourth-order valence-corrected chi connectivity index (χ4v) is 3.83. The first kappa shape index (κ1) is 28.3. The largest absolute Gasteiger partial charge is 0.457 e. The van der Waals surface area contributed by atoms with Crippen molar-refractivity contribution in [3.63, 3.8) is 0 Å². The summed E-state index contributed by atoms with van der Waals surface area (Å²) in [6.07, 6.45) is 5.01. The molecular formula is C30H32FN5O4. The van der Waals surface area contributed by atoms with Gasteiger partial charge in [0.15, 0.2) is 0 Å². The van der Waals surface area contributed by atoms with Crippen molar-refractivity contribution in [2.75, 3.05) is 30.4 Å². The number of amides is 3. The van der Waals surface area contributed by atoms with Crippen molar-refractivity contribution < 1.29 is 23.5 Å². The molecule has 0 unspecified atom stereocenters. The number of pyridine rings is 1. The molecule has 9 nitrogen and oxygen atoms in total. The zero-order valence-corrected chi connectivity index (χ0v) is 22.4. The lowest BCUT2D eigenvalue weighted by atomic mass is 10.2. The molecule has 0 saturated heterocycles. The number of nitrogens with zero attached hydrogens (tertiary/aromatic N) is 1. The van der Waals surface area contributed by atoms with Gasteiger partial charge in [-0.25, -0.2) is 9.18 Å². The van der Waals surface area contributed by atoms with Crippen LogP contribution in [-0.4, -0.2) is 41.7 Å². The first-order valence-corrected chi connectivity index (χ1v) is 13.0. The van der Waals surface area contributed by atoms with Crippen LogP contribution in [0.2, 0.25) is 0 Å². The van der Waals surface area contributed by atoms with Crippen LogP contribution in [0.1, 0.15) is 35.7 Å². The Morgan fingerprint density at radius 3 is 2.60 bits per heavy atom. The molecule has 0 fully saturated rings. The van der Waals surface area contributed by atoms with E-state index < -0.39 is 11.8 Å². The fourth-order valence-electron chi connectivity index (χ4n) is 3.83. The molecular weight excluding hydrogens is 513 g/mol. The summed E-state index contributed by atoms with van der Waals surface area (Å²) in [5.41, 5.74) is 3.27. The van der Waals surface area contributed by atoms with Crippen molar-refractivity contribution in [2.24, 2.45) is 0 Å². The molecule has 0 saturated carbocycles. The normalized spacial score (nSPS) is 10.7. The standard InChI is InChI=1S/C30H32FN5O4/c1-3-39-15-5-4-13-33-29(37)21-17-27(34-19-21)28-18-24(12-14-32-28)40-23-9-7-22(8-10-23)35-30(38)36-26-16-20(2)6-11-25(26)31/h6-12,14,16-19,34H,3-5,13,15H2,1-2H3,(H,33,37)(H2,35,36,38). The Hall–Kier alpha value is -4.70. The Balaban J connectivity index is 1.30. The van der Waals surface area contributed by atoms with Crippen molar-refractivity contribution in [1.82, 2.24) is 15.3 Å². The van der Waals surface area contributed by atoms with Crippen LogP contribution in [0, 0.1) is 12.7 Å². The average molecular weight is 546 g/mol. The molecule has 4 aromatic rings. The molecule has 0 aliphatic heterocycles. The van der Waals surface area contributed by atoms with Gasteiger partial charge < -0.3 is 30.4 Å². The lowest BCUT2D eigenvalue weighted by molar-refractivity contribution is 0.0949. The van der Waals surface area contributed by atoms with Crippen molar-refractivity contribution >= 4 is 23.3 Å². The van der Waals surface area contributed by atoms with Crippen molar-refractivity contribution in [3.8, 4) is 22.9 Å². The Bertz CT molecular complexity index is 1440. The minimum atomic E-state index is -0.558. The predicted octanol–water partition coefficient (Wildman–Crippen LogP) is 6.51. The predicted molar refractivity (Wildman–Crippen MR) is 152 cm³/mol. The van der Waals surface area contributed by atoms with Gasteiger partial charge in [-0.2, -0.15) is 0 Å². The third-order valence-electron chi connectivity index (χ3n) is 5.88. The topological polar surface area (TPSA) is 117 Å². The average Bonchev–Trinajstić information content (AvgIpc) is 3.45. The Morgan fingerprint density at radius 1 is 0.975 bits per heavy atom. The zero-order chi connectivity index (χ0) is 28.3. The molecule has 2 heterocycles. The second-order valence-electron chi connectivity index (χ2n) is 9.03. The maximum Gasteiger partial charge on any atom is 0.323 e. The lowest BCUT2D eigenvalue weighted by Gasteiger charge is -2.10. The van der Waals surface area contributed by atoms with E-state index >= 15 is 0 Å². The van der Waals surface area contributed by atoms with E-state index in [-0.39, 0.29) is 11.6 Å². The smallest absolute Gasteiger partial charge is 0.323 e. The molecule has 10 heteroatoms. The molecule has 4 N–H and O–H groups in total. The van der Waals surface area contributed by atoms with E-state index in [1.54, 1.807) is 67.0 Å². The SMILES string of the molecule is CCOCCCCNC(=O)c1c[nH]c(-c2cc(Oc3ccc(NC(=O)Nc4cc(C)ccc4F)cc3)ccn2)c1. The molecule has 0 atom stereocenters. The van der Waals surface area contributed by atoms with Crippen LogP contribution in [0.3, 0.4) is 0 Å². The highest BCUT2D eigenvalue weighted by molar-refractivity contribution is 6.00. The number of hydrogen-bond acceptors (Lipinski definition) is 5. The quantitative estimate of drug-likeness (QED) is 0.152. The molecule has 40 heavy (non-hydrogen) atoms. The third-order valence-corrected chi connectivity index (χ3v) is 5.88. The number of halogens is 1. The number of carbonyl (C=O) groups is 2. The molecule has 3 amide bonds. The summed E-state index contributed by atoms with van der Waals surface area (Å²) in [6.45, 7) is 5.75. The number of aromatic nitrogens is 2. The molecule has 208 valence electrons. The molecule has 0 aliphatic carbocycles. The van der Waals surface area contributed by atoms with Crippen molar-refractivity contribution in [3.05, 3.63) is 90.0 Å². The van der Waals surface area contributed by atoms with Gasteiger partial charge in [0, 0.05) is 43.9 Å². The van der Waals surface area contributed by atoms with Crippen molar-refractivity contribution in [1.29, 1.82) is 0 Å². The first-order chi connectivity index (χ1) is 19.4. The monoisotopic (exact) mass is 545 g/mol. The number of aromatic amines is 1. The van der Waals surface area contributed by atoms with Crippen LogP contribution in [0.25, 0.3) is 11.4 Å². The zero-order valence-electron chi connectivity index (χ0n) is 22.4. The number of H-pyrrole nitrogens is 1. The minimum absolute atomic E-state index is 0.106. The second kappa shape index (κ2) is 13.9. The molecule has 2 aromatic heterocycles. The molecule has 0 spiro atoms. The molecule has 0 radical (unpaired) electrons. The summed E-state index contributed by atoms with van der Waals surface area (Å²) in [4.78, 5) is 32.2. The minimum Gasteiger partial charge on any atom is -0.457 e. The van der Waals surface area contributed by atoms with Gasteiger partial charge in [-0.05, 0) is 80.8 Å². The van der Waals surface area contributed by atoms with Gasteiger partial charge in [-0.3, -0.25) is 9.78 Å². The molecule has 0 bridgehead atoms. The molecule has 0 aliphatic rings. The second-order valence-corrected chi connectivity index (χ2v) is 9.03. The summed E-state index contributed by atoms with van der Waals surface area (Å²) >= 11 is 0. The van der Waals surface area contributed by atoms with E-state index in [4.69, 9.17) is 9.47 Å². The van der Waals surface area contributed by atoms with Gasteiger partial charge in [0.25, 0.3) is 5.91 Å². The highest BCUT2D eigenvalue weighted by atomic mass is 19.1. The van der Waals surface area contributed by atoms with Crippen LogP contribution < -0.4 is 20.7 Å². The van der Waals surface area contributed by atoms with Gasteiger partial charge in [0.05, 0.1) is 22.6 Å². The lowest BCUT2D eigenvalue weighted by Crippen LogP contribution is -2.24. The number of hydrogen-bond donors (Lipinski definition) is 4. The van der Waals surface area contributed by atoms with Crippen LogP contribution in [0.15, 0.2) is 73.1 Å². The summed E-state index contributed by atoms with van der Waals surface area (Å²) < 4.78 is 25.2. The molecule has 4 rings (SSSR count). The number of urea groups is 1. The number of rotatable bonds is 12. The van der Waals surface area contributed by atoms with Crippen LogP contribution >= 0.6 is 0 Å². The van der Waals surface area contributed by atoms with Gasteiger partial charge in [0.2, 0.25) is 0 Å². The number of unbranched alkanes of at least 4 members (excludes halogenated alkanes) is 1. The van der Waals surface area contributed by atoms with Gasteiger partial charge in [-0.1, -0.05) is 6.07 Å². The van der Waals surface area contributed by atoms with E-state index in [1.807, 2.05) is 13.8 Å². The van der Waals surface area contributed by atoms with Gasteiger partial charge in [-0.15, -0.1) is 0 Å². The van der Waals surface area contributed by atoms with E-state index in [9.17, 15) is 14.0 Å². The number of aryl methyl sites for hydroxylation is 1. The van der Waals surface area contributed by atoms with Crippen LogP contribution in [0.4, 0.5) is 20.6 Å². The number of carbonyl (C=O) groups excluding carboxylic acids is 2. The van der Waals surface area contributed by atoms with E-state index in [1.165, 1.54) is 6.07 Å². The Kier molecular flexibility index (Phi) is 9.84. The third kappa shape index (κ3) is 8.15. The highest BCUT2D eigenvalue weighted by Crippen LogP contribution is 2.27. The summed E-state index contributed by atoms with van der Waals surface area (Å²) in [5.74, 6) is 0.429. The maximum atomic E-state index is 13.9.